The largest absolute Gasteiger partial charge is 0.467 e. The van der Waals surface area contributed by atoms with Gasteiger partial charge in [-0.15, -0.1) is 11.6 Å². The van der Waals surface area contributed by atoms with Crippen LogP contribution in [-0.2, 0) is 23.8 Å². The van der Waals surface area contributed by atoms with Gasteiger partial charge in [0.15, 0.2) is 12.2 Å². The number of hydrogen-bond acceptors (Lipinski definition) is 5. The maximum atomic E-state index is 11.9. The second kappa shape index (κ2) is 10.9. The first-order valence-electron chi connectivity index (χ1n) is 8.50. The molecule has 0 radical (unpaired) electrons. The quantitative estimate of drug-likeness (QED) is 0.343. The zero-order chi connectivity index (χ0) is 17.2. The van der Waals surface area contributed by atoms with Crippen molar-refractivity contribution in [3.63, 3.8) is 0 Å². The molecule has 1 fully saturated rings. The highest BCUT2D eigenvalue weighted by Crippen LogP contribution is 2.35. The molecule has 1 aliphatic rings. The van der Waals surface area contributed by atoms with Gasteiger partial charge in [0.05, 0.1) is 14.2 Å². The molecular formula is C17H29ClO5. The number of halogens is 1. The molecule has 23 heavy (non-hydrogen) atoms. The number of hydrogen-bond donors (Lipinski definition) is 0. The molecule has 2 unspecified atom stereocenters. The van der Waals surface area contributed by atoms with Crippen molar-refractivity contribution in [1.29, 1.82) is 0 Å². The summed E-state index contributed by atoms with van der Waals surface area (Å²) in [6.45, 7) is 2.19. The van der Waals surface area contributed by atoms with Crippen LogP contribution in [0.2, 0.25) is 0 Å². The number of carbonyl (C=O) groups is 2. The minimum Gasteiger partial charge on any atom is -0.467 e. The van der Waals surface area contributed by atoms with Gasteiger partial charge >= 0.3 is 11.9 Å². The third-order valence-corrected chi connectivity index (χ3v) is 4.92. The summed E-state index contributed by atoms with van der Waals surface area (Å²) in [4.78, 5) is 23.5. The lowest BCUT2D eigenvalue weighted by Crippen LogP contribution is -2.33. The van der Waals surface area contributed by atoms with E-state index in [1.54, 1.807) is 0 Å². The minimum atomic E-state index is -0.785. The number of unbranched alkanes of at least 4 members (excludes halogenated alkanes) is 5. The van der Waals surface area contributed by atoms with Crippen molar-refractivity contribution in [1.82, 2.24) is 0 Å². The smallest absolute Gasteiger partial charge is 0.335 e. The van der Waals surface area contributed by atoms with Crippen LogP contribution >= 0.6 is 11.6 Å². The Morgan fingerprint density at radius 1 is 1.09 bits per heavy atom. The molecule has 1 saturated heterocycles. The maximum Gasteiger partial charge on any atom is 0.335 e. The van der Waals surface area contributed by atoms with Gasteiger partial charge in [-0.1, -0.05) is 45.4 Å². The normalized spacial score (nSPS) is 25.1. The molecule has 1 heterocycles. The van der Waals surface area contributed by atoms with Crippen molar-refractivity contribution in [2.75, 3.05) is 14.2 Å². The fraction of sp³-hybridized carbons (Fsp3) is 0.882. The standard InChI is InChI=1S/C17H29ClO5/c1-4-5-6-7-8-9-10-13(18)12-11-14(16(19)21-2)23-15(12)17(20)22-3/h12-15H,4-11H2,1-3H3/t12-,13?,14?,15+/m1/s1. The third-order valence-electron chi connectivity index (χ3n) is 4.38. The number of carbonyl (C=O) groups excluding carboxylic acids is 2. The van der Waals surface area contributed by atoms with Crippen LogP contribution in [0.25, 0.3) is 0 Å². The molecule has 6 heteroatoms. The molecule has 0 aromatic heterocycles. The average molecular weight is 349 g/mol. The van der Waals surface area contributed by atoms with Gasteiger partial charge in [0, 0.05) is 11.3 Å². The molecule has 0 aromatic rings. The molecular weight excluding hydrogens is 320 g/mol. The van der Waals surface area contributed by atoms with Crippen LogP contribution in [0, 0.1) is 5.92 Å². The lowest BCUT2D eigenvalue weighted by Gasteiger charge is -2.21. The van der Waals surface area contributed by atoms with Gasteiger partial charge in [0.25, 0.3) is 0 Å². The fourth-order valence-electron chi connectivity index (χ4n) is 3.01. The number of alkyl halides is 1. The molecule has 0 aliphatic carbocycles. The molecule has 1 aliphatic heterocycles. The van der Waals surface area contributed by atoms with Crippen molar-refractivity contribution in [3.8, 4) is 0 Å². The van der Waals surface area contributed by atoms with Crippen LogP contribution in [-0.4, -0.2) is 43.7 Å². The Bertz CT molecular complexity index is 374. The first-order valence-corrected chi connectivity index (χ1v) is 8.93. The molecule has 0 aromatic carbocycles. The average Bonchev–Trinajstić information content (AvgIpc) is 3.01. The Hall–Kier alpha value is -0.810. The van der Waals surface area contributed by atoms with E-state index in [1.165, 1.54) is 39.9 Å². The SMILES string of the molecule is CCCCCCCCC(Cl)[C@H]1CC(C(=O)OC)O[C@@H]1C(=O)OC. The molecule has 0 bridgehead atoms. The Kier molecular flexibility index (Phi) is 9.56. The number of methoxy groups -OCH3 is 2. The minimum absolute atomic E-state index is 0.208. The summed E-state index contributed by atoms with van der Waals surface area (Å²) in [5.41, 5.74) is 0. The van der Waals surface area contributed by atoms with Gasteiger partial charge in [-0.3, -0.25) is 0 Å². The van der Waals surface area contributed by atoms with E-state index < -0.39 is 24.1 Å². The highest BCUT2D eigenvalue weighted by atomic mass is 35.5. The Balaban J connectivity index is 2.49. The first kappa shape index (κ1) is 20.2. The summed E-state index contributed by atoms with van der Waals surface area (Å²) in [5, 5.41) is -0.208. The van der Waals surface area contributed by atoms with Crippen LogP contribution in [0.15, 0.2) is 0 Å². The second-order valence-corrected chi connectivity index (χ2v) is 6.62. The summed E-state index contributed by atoms with van der Waals surface area (Å²) in [5.74, 6) is -1.16. The topological polar surface area (TPSA) is 61.8 Å². The first-order chi connectivity index (χ1) is 11.0. The molecule has 0 spiro atoms. The van der Waals surface area contributed by atoms with Gasteiger partial charge in [0.2, 0.25) is 0 Å². The van der Waals surface area contributed by atoms with Gasteiger partial charge in [-0.25, -0.2) is 9.59 Å². The zero-order valence-corrected chi connectivity index (χ0v) is 15.1. The summed E-state index contributed by atoms with van der Waals surface area (Å²) >= 11 is 6.50. The maximum absolute atomic E-state index is 11.9. The predicted octanol–water partition coefficient (Wildman–Crippen LogP) is 3.46. The molecule has 0 N–H and O–H groups in total. The summed E-state index contributed by atoms with van der Waals surface area (Å²) in [6, 6.07) is 0. The molecule has 0 amide bonds. The summed E-state index contributed by atoms with van der Waals surface area (Å²) < 4.78 is 15.0. The third kappa shape index (κ3) is 6.30. The second-order valence-electron chi connectivity index (χ2n) is 6.06. The summed E-state index contributed by atoms with van der Waals surface area (Å²) in [6.07, 6.45) is 6.81. The van der Waals surface area contributed by atoms with Crippen molar-refractivity contribution in [3.05, 3.63) is 0 Å². The highest BCUT2D eigenvalue weighted by Gasteiger charge is 2.46. The van der Waals surface area contributed by atoms with Gasteiger partial charge < -0.3 is 14.2 Å². The van der Waals surface area contributed by atoms with E-state index in [4.69, 9.17) is 25.8 Å². The predicted molar refractivity (Wildman–Crippen MR) is 88.4 cm³/mol. The van der Waals surface area contributed by atoms with E-state index >= 15 is 0 Å². The van der Waals surface area contributed by atoms with E-state index in [9.17, 15) is 9.59 Å². The van der Waals surface area contributed by atoms with Crippen LogP contribution in [0.3, 0.4) is 0 Å². The fourth-order valence-corrected chi connectivity index (χ4v) is 3.39. The molecule has 4 atom stereocenters. The van der Waals surface area contributed by atoms with E-state index in [1.807, 2.05) is 0 Å². The number of esters is 2. The lowest BCUT2D eigenvalue weighted by molar-refractivity contribution is -0.162. The monoisotopic (exact) mass is 348 g/mol. The molecule has 5 nitrogen and oxygen atoms in total. The zero-order valence-electron chi connectivity index (χ0n) is 14.4. The van der Waals surface area contributed by atoms with E-state index in [-0.39, 0.29) is 11.3 Å². The van der Waals surface area contributed by atoms with Crippen molar-refractivity contribution in [2.45, 2.75) is 75.9 Å². The van der Waals surface area contributed by atoms with E-state index in [2.05, 4.69) is 6.92 Å². The lowest BCUT2D eigenvalue weighted by atomic mass is 9.92. The van der Waals surface area contributed by atoms with E-state index in [0.717, 1.165) is 19.3 Å². The van der Waals surface area contributed by atoms with Gasteiger partial charge in [0.1, 0.15) is 0 Å². The Morgan fingerprint density at radius 2 is 1.70 bits per heavy atom. The van der Waals surface area contributed by atoms with Crippen LogP contribution < -0.4 is 0 Å². The van der Waals surface area contributed by atoms with Gasteiger partial charge in [-0.05, 0) is 12.8 Å². The van der Waals surface area contributed by atoms with E-state index in [0.29, 0.717) is 6.42 Å². The molecule has 134 valence electrons. The van der Waals surface area contributed by atoms with Crippen molar-refractivity contribution in [2.24, 2.45) is 5.92 Å². The van der Waals surface area contributed by atoms with Crippen molar-refractivity contribution < 1.29 is 23.8 Å². The summed E-state index contributed by atoms with van der Waals surface area (Å²) in [7, 11) is 2.62. The Morgan fingerprint density at radius 3 is 2.30 bits per heavy atom. The van der Waals surface area contributed by atoms with Gasteiger partial charge in [-0.2, -0.15) is 0 Å². The Labute approximate surface area is 144 Å². The highest BCUT2D eigenvalue weighted by molar-refractivity contribution is 6.21. The number of ether oxygens (including phenoxy) is 3. The molecule has 1 rings (SSSR count). The van der Waals surface area contributed by atoms with Crippen molar-refractivity contribution >= 4 is 23.5 Å². The molecule has 0 saturated carbocycles. The number of rotatable bonds is 10. The van der Waals surface area contributed by atoms with Crippen LogP contribution in [0.4, 0.5) is 0 Å². The van der Waals surface area contributed by atoms with Crippen LogP contribution in [0.5, 0.6) is 0 Å². The van der Waals surface area contributed by atoms with Crippen LogP contribution in [0.1, 0.15) is 58.3 Å².